The van der Waals surface area contributed by atoms with Gasteiger partial charge in [-0.15, -0.1) is 0 Å². The molecule has 0 radical (unpaired) electrons. The second-order valence-electron chi connectivity index (χ2n) is 16.1. The number of allylic oxidation sites excluding steroid dienone is 6. The molecule has 1 fully saturated rings. The lowest BCUT2D eigenvalue weighted by Gasteiger charge is -2.40. The molecule has 1 aliphatic heterocycles. The van der Waals surface area contributed by atoms with E-state index in [-0.39, 0.29) is 12.8 Å². The van der Waals surface area contributed by atoms with Crippen molar-refractivity contribution in [2.24, 2.45) is 0 Å². The van der Waals surface area contributed by atoms with Gasteiger partial charge in [0.05, 0.1) is 25.4 Å². The molecule has 1 rings (SSSR count). The minimum absolute atomic E-state index is 0.252. The smallest absolute Gasteiger partial charge is 0.249 e. The van der Waals surface area contributed by atoms with Gasteiger partial charge in [-0.3, -0.25) is 4.79 Å². The molecule has 1 aliphatic rings. The molecule has 0 bridgehead atoms. The van der Waals surface area contributed by atoms with Crippen LogP contribution in [0.5, 0.6) is 0 Å². The number of hydrogen-bond acceptors (Lipinski definition) is 10. The van der Waals surface area contributed by atoms with Gasteiger partial charge in [0, 0.05) is 0 Å². The molecule has 1 saturated heterocycles. The van der Waals surface area contributed by atoms with Gasteiger partial charge in [-0.05, 0) is 64.2 Å². The van der Waals surface area contributed by atoms with Crippen molar-refractivity contribution < 1.29 is 50.0 Å². The first kappa shape index (κ1) is 53.3. The molecular formula is C46H85NO10. The van der Waals surface area contributed by atoms with Gasteiger partial charge in [0.1, 0.15) is 36.6 Å². The van der Waals surface area contributed by atoms with Crippen molar-refractivity contribution in [3.63, 3.8) is 0 Å². The second-order valence-corrected chi connectivity index (χ2v) is 16.1. The van der Waals surface area contributed by atoms with Crippen LogP contribution in [0.25, 0.3) is 0 Å². The molecule has 1 amide bonds. The van der Waals surface area contributed by atoms with E-state index in [9.17, 15) is 40.5 Å². The van der Waals surface area contributed by atoms with Gasteiger partial charge in [-0.2, -0.15) is 0 Å². The van der Waals surface area contributed by atoms with Crippen LogP contribution in [0.1, 0.15) is 181 Å². The summed E-state index contributed by atoms with van der Waals surface area (Å²) in [4.78, 5) is 13.1. The summed E-state index contributed by atoms with van der Waals surface area (Å²) in [6.07, 6.45) is 29.2. The predicted molar refractivity (Wildman–Crippen MR) is 228 cm³/mol. The molecule has 9 unspecified atom stereocenters. The summed E-state index contributed by atoms with van der Waals surface area (Å²) in [5, 5.41) is 75.4. The van der Waals surface area contributed by atoms with Gasteiger partial charge in [0.25, 0.3) is 0 Å². The zero-order valence-electron chi connectivity index (χ0n) is 35.8. The molecule has 1 heterocycles. The first-order valence-corrected chi connectivity index (χ1v) is 22.9. The fourth-order valence-corrected chi connectivity index (χ4v) is 7.12. The van der Waals surface area contributed by atoms with Crippen molar-refractivity contribution in [1.82, 2.24) is 5.32 Å². The highest BCUT2D eigenvalue weighted by Crippen LogP contribution is 2.23. The molecule has 0 aromatic heterocycles. The zero-order valence-corrected chi connectivity index (χ0v) is 35.8. The fourth-order valence-electron chi connectivity index (χ4n) is 7.12. The molecule has 11 nitrogen and oxygen atoms in total. The maximum absolute atomic E-state index is 13.1. The minimum Gasteiger partial charge on any atom is -0.394 e. The van der Waals surface area contributed by atoms with E-state index in [1.165, 1.54) is 89.9 Å². The normalized spacial score (nSPS) is 22.4. The Morgan fingerprint density at radius 2 is 1.14 bits per heavy atom. The van der Waals surface area contributed by atoms with E-state index in [4.69, 9.17) is 9.47 Å². The van der Waals surface area contributed by atoms with Crippen molar-refractivity contribution in [3.05, 3.63) is 36.5 Å². The summed E-state index contributed by atoms with van der Waals surface area (Å²) in [7, 11) is 0. The van der Waals surface area contributed by atoms with Gasteiger partial charge in [-0.1, -0.05) is 153 Å². The molecule has 0 saturated carbocycles. The lowest BCUT2D eigenvalue weighted by Crippen LogP contribution is -2.60. The SMILES string of the molecule is CC/C=C\C/C=C\CCCCCCCCCCCCCCCC(O)C(=O)NC(COC1OC(CO)C(O)C(O)C1O)C(O)C(O)CCC/C=C/CCCCCCC. The number of amides is 1. The van der Waals surface area contributed by atoms with Gasteiger partial charge >= 0.3 is 0 Å². The Hall–Kier alpha value is -1.67. The number of nitrogens with one attached hydrogen (secondary N) is 1. The lowest BCUT2D eigenvalue weighted by molar-refractivity contribution is -0.303. The van der Waals surface area contributed by atoms with Crippen LogP contribution in [0.4, 0.5) is 0 Å². The van der Waals surface area contributed by atoms with Gasteiger partial charge in [0.2, 0.25) is 5.91 Å². The van der Waals surface area contributed by atoms with Crippen molar-refractivity contribution in [3.8, 4) is 0 Å². The third-order valence-corrected chi connectivity index (χ3v) is 10.9. The highest BCUT2D eigenvalue weighted by atomic mass is 16.7. The number of carbonyl (C=O) groups excluding carboxylic acids is 1. The molecule has 0 aromatic carbocycles. The molecule has 334 valence electrons. The maximum atomic E-state index is 13.1. The maximum Gasteiger partial charge on any atom is 0.249 e. The Morgan fingerprint density at radius 1 is 0.632 bits per heavy atom. The lowest BCUT2D eigenvalue weighted by atomic mass is 9.98. The largest absolute Gasteiger partial charge is 0.394 e. The molecule has 0 aromatic rings. The number of aliphatic hydroxyl groups excluding tert-OH is 7. The molecule has 8 N–H and O–H groups in total. The molecule has 9 atom stereocenters. The van der Waals surface area contributed by atoms with Crippen LogP contribution in [0.2, 0.25) is 0 Å². The fraction of sp³-hybridized carbons (Fsp3) is 0.848. The summed E-state index contributed by atoms with van der Waals surface area (Å²) in [5.74, 6) is -0.710. The zero-order chi connectivity index (χ0) is 41.9. The number of unbranched alkanes of at least 4 members (excludes halogenated alkanes) is 19. The Morgan fingerprint density at radius 3 is 1.70 bits per heavy atom. The molecule has 57 heavy (non-hydrogen) atoms. The highest BCUT2D eigenvalue weighted by molar-refractivity contribution is 5.80. The van der Waals surface area contributed by atoms with Gasteiger partial charge in [-0.25, -0.2) is 0 Å². The number of carbonyl (C=O) groups is 1. The summed E-state index contributed by atoms with van der Waals surface area (Å²) < 4.78 is 11.0. The first-order chi connectivity index (χ1) is 27.7. The monoisotopic (exact) mass is 812 g/mol. The van der Waals surface area contributed by atoms with Crippen molar-refractivity contribution in [1.29, 1.82) is 0 Å². The highest BCUT2D eigenvalue weighted by Gasteiger charge is 2.44. The third kappa shape index (κ3) is 26.2. The topological polar surface area (TPSA) is 189 Å². The van der Waals surface area contributed by atoms with Gasteiger partial charge in [0.15, 0.2) is 6.29 Å². The Balaban J connectivity index is 2.41. The Bertz CT molecular complexity index is 1020. The van der Waals surface area contributed by atoms with E-state index in [0.29, 0.717) is 12.8 Å². The van der Waals surface area contributed by atoms with E-state index < -0.39 is 74.2 Å². The van der Waals surface area contributed by atoms with Gasteiger partial charge < -0.3 is 50.5 Å². The number of ether oxygens (including phenoxy) is 2. The van der Waals surface area contributed by atoms with E-state index in [1.54, 1.807) is 0 Å². The van der Waals surface area contributed by atoms with E-state index in [2.05, 4.69) is 55.6 Å². The minimum atomic E-state index is -1.67. The van der Waals surface area contributed by atoms with E-state index >= 15 is 0 Å². The third-order valence-electron chi connectivity index (χ3n) is 10.9. The summed E-state index contributed by atoms with van der Waals surface area (Å²) in [6, 6.07) is -1.18. The number of rotatable bonds is 37. The van der Waals surface area contributed by atoms with Crippen LogP contribution in [-0.2, 0) is 14.3 Å². The molecule has 0 aliphatic carbocycles. The summed E-state index contributed by atoms with van der Waals surface area (Å²) in [5.41, 5.74) is 0. The summed E-state index contributed by atoms with van der Waals surface area (Å²) in [6.45, 7) is 3.28. The van der Waals surface area contributed by atoms with Crippen LogP contribution < -0.4 is 5.32 Å². The van der Waals surface area contributed by atoms with E-state index in [1.807, 2.05) is 0 Å². The molecule has 0 spiro atoms. The van der Waals surface area contributed by atoms with Crippen molar-refractivity contribution in [2.75, 3.05) is 13.2 Å². The number of hydrogen-bond donors (Lipinski definition) is 8. The standard InChI is InChI=1S/C46H85NO10/c1-3-5-7-9-11-13-15-16-17-18-19-20-21-22-23-24-26-28-30-32-34-39(50)45(55)47-37(36-56-46-44(54)43(53)42(52)40(35-48)57-46)41(51)38(49)33-31-29-27-25-14-12-10-8-6-4-2/h5,7,11,13,25,27,37-44,46,48-54H,3-4,6,8-10,12,14-24,26,28-36H2,1-2H3,(H,47,55)/b7-5-,13-11-,27-25+. The van der Waals surface area contributed by atoms with Crippen LogP contribution in [-0.4, -0.2) is 110 Å². The average Bonchev–Trinajstić information content (AvgIpc) is 3.21. The second kappa shape index (κ2) is 36.2. The van der Waals surface area contributed by atoms with Crippen LogP contribution in [0.3, 0.4) is 0 Å². The molecule has 11 heteroatoms. The predicted octanol–water partition coefficient (Wildman–Crippen LogP) is 7.22. The van der Waals surface area contributed by atoms with Crippen molar-refractivity contribution in [2.45, 2.75) is 236 Å². The van der Waals surface area contributed by atoms with Crippen molar-refractivity contribution >= 4 is 5.91 Å². The van der Waals surface area contributed by atoms with Crippen LogP contribution >= 0.6 is 0 Å². The van der Waals surface area contributed by atoms with Crippen LogP contribution in [0.15, 0.2) is 36.5 Å². The van der Waals surface area contributed by atoms with Crippen LogP contribution in [0, 0.1) is 0 Å². The average molecular weight is 812 g/mol. The molecular weight excluding hydrogens is 727 g/mol. The quantitative estimate of drug-likeness (QED) is 0.0235. The number of aliphatic hydroxyl groups is 7. The summed E-state index contributed by atoms with van der Waals surface area (Å²) >= 11 is 0. The van der Waals surface area contributed by atoms with E-state index in [0.717, 1.165) is 51.4 Å². The Labute approximate surface area is 346 Å². The Kier molecular flexibility index (Phi) is 33.9. The first-order valence-electron chi connectivity index (χ1n) is 22.9.